The maximum atomic E-state index is 11.1. The van der Waals surface area contributed by atoms with Gasteiger partial charge in [-0.05, 0) is 12.1 Å². The molecule has 0 saturated carbocycles. The molecule has 0 aliphatic heterocycles. The Kier molecular flexibility index (Phi) is 4.68. The molecule has 1 rings (SSSR count). The highest BCUT2D eigenvalue weighted by atomic mass is 16.5. The van der Waals surface area contributed by atoms with Crippen LogP contribution in [0.4, 0.5) is 0 Å². The average Bonchev–Trinajstić information content (AvgIpc) is 2.85. The zero-order valence-corrected chi connectivity index (χ0v) is 9.04. The van der Waals surface area contributed by atoms with E-state index in [1.807, 2.05) is 0 Å². The van der Waals surface area contributed by atoms with Crippen LogP contribution in [-0.4, -0.2) is 24.8 Å². The highest BCUT2D eigenvalue weighted by Crippen LogP contribution is 2.02. The fourth-order valence-electron chi connectivity index (χ4n) is 0.882. The highest BCUT2D eigenvalue weighted by molar-refractivity contribution is 6.38. The largest absolute Gasteiger partial charge is 0.466 e. The van der Waals surface area contributed by atoms with Gasteiger partial charge in [-0.3, -0.25) is 4.79 Å². The number of hydrogen-bond acceptors (Lipinski definition) is 6. The van der Waals surface area contributed by atoms with Gasteiger partial charge < -0.3 is 13.9 Å². The van der Waals surface area contributed by atoms with Gasteiger partial charge in [0.25, 0.3) is 5.78 Å². The topological polar surface area (TPSA) is 82.8 Å². The fourth-order valence-corrected chi connectivity index (χ4v) is 0.882. The number of esters is 2. The monoisotopic (exact) mass is 238 g/mol. The van der Waals surface area contributed by atoms with Crippen LogP contribution in [0.1, 0.15) is 5.76 Å². The summed E-state index contributed by atoms with van der Waals surface area (Å²) in [5.74, 6) is -2.32. The minimum Gasteiger partial charge on any atom is -0.466 e. The molecule has 90 valence electrons. The molecule has 0 amide bonds. The molecule has 1 heterocycles. The third kappa shape index (κ3) is 4.33. The summed E-state index contributed by atoms with van der Waals surface area (Å²) in [7, 11) is 1.16. The van der Waals surface area contributed by atoms with E-state index in [2.05, 4.69) is 9.47 Å². The molecular weight excluding hydrogens is 228 g/mol. The van der Waals surface area contributed by atoms with Crippen molar-refractivity contribution >= 4 is 17.7 Å². The van der Waals surface area contributed by atoms with E-state index in [1.54, 1.807) is 12.1 Å². The summed E-state index contributed by atoms with van der Waals surface area (Å²) in [6.45, 7) is -0.135. The van der Waals surface area contributed by atoms with Crippen molar-refractivity contribution in [3.05, 3.63) is 36.3 Å². The zero-order chi connectivity index (χ0) is 12.7. The predicted molar refractivity (Wildman–Crippen MR) is 54.7 cm³/mol. The highest BCUT2D eigenvalue weighted by Gasteiger charge is 2.13. The molecule has 0 aromatic carbocycles. The molecule has 6 heteroatoms. The summed E-state index contributed by atoms with van der Waals surface area (Å²) < 4.78 is 13.8. The van der Waals surface area contributed by atoms with E-state index in [0.29, 0.717) is 5.76 Å². The van der Waals surface area contributed by atoms with Crippen molar-refractivity contribution in [1.82, 2.24) is 0 Å². The lowest BCUT2D eigenvalue weighted by molar-refractivity contribution is -0.153. The first-order valence-corrected chi connectivity index (χ1v) is 4.63. The molecule has 0 aliphatic rings. The second-order valence-electron chi connectivity index (χ2n) is 2.88. The summed E-state index contributed by atoms with van der Waals surface area (Å²) in [5, 5.41) is 0. The number of ketones is 1. The van der Waals surface area contributed by atoms with E-state index in [9.17, 15) is 14.4 Å². The first-order chi connectivity index (χ1) is 8.13. The number of carbonyl (C=O) groups excluding carboxylic acids is 3. The van der Waals surface area contributed by atoms with Crippen LogP contribution in [0.25, 0.3) is 0 Å². The van der Waals surface area contributed by atoms with Crippen LogP contribution in [0.5, 0.6) is 0 Å². The molecule has 0 unspecified atom stereocenters. The molecule has 0 atom stereocenters. The van der Waals surface area contributed by atoms with Gasteiger partial charge in [-0.15, -0.1) is 0 Å². The molecule has 1 aromatic rings. The van der Waals surface area contributed by atoms with Gasteiger partial charge in [-0.25, -0.2) is 9.59 Å². The third-order valence-corrected chi connectivity index (χ3v) is 1.70. The number of methoxy groups -OCH3 is 1. The SMILES string of the molecule is COC(=O)/C=C/C(=O)C(=O)OCc1ccco1. The lowest BCUT2D eigenvalue weighted by Gasteiger charge is -1.98. The van der Waals surface area contributed by atoms with Crippen LogP contribution in [0.2, 0.25) is 0 Å². The van der Waals surface area contributed by atoms with Gasteiger partial charge in [-0.1, -0.05) is 0 Å². The molecular formula is C11H10O6. The van der Waals surface area contributed by atoms with E-state index < -0.39 is 17.7 Å². The molecule has 0 saturated heterocycles. The third-order valence-electron chi connectivity index (χ3n) is 1.70. The van der Waals surface area contributed by atoms with Crippen LogP contribution in [0.15, 0.2) is 35.0 Å². The Morgan fingerprint density at radius 3 is 2.71 bits per heavy atom. The number of ether oxygens (including phenoxy) is 2. The predicted octanol–water partition coefficient (Wildman–Crippen LogP) is 0.621. The summed E-state index contributed by atoms with van der Waals surface area (Å²) in [4.78, 5) is 32.9. The number of rotatable bonds is 5. The number of carbonyl (C=O) groups is 3. The summed E-state index contributed by atoms with van der Waals surface area (Å²) in [6, 6.07) is 3.23. The van der Waals surface area contributed by atoms with Crippen LogP contribution in [0, 0.1) is 0 Å². The van der Waals surface area contributed by atoms with Gasteiger partial charge in [0.1, 0.15) is 12.4 Å². The minimum atomic E-state index is -1.07. The Morgan fingerprint density at radius 2 is 2.12 bits per heavy atom. The van der Waals surface area contributed by atoms with Crippen molar-refractivity contribution in [3.8, 4) is 0 Å². The van der Waals surface area contributed by atoms with E-state index in [0.717, 1.165) is 19.3 Å². The van der Waals surface area contributed by atoms with Crippen molar-refractivity contribution in [2.75, 3.05) is 7.11 Å². The normalized spacial score (nSPS) is 10.2. The van der Waals surface area contributed by atoms with E-state index >= 15 is 0 Å². The Bertz CT molecular complexity index is 429. The van der Waals surface area contributed by atoms with Crippen molar-refractivity contribution in [2.24, 2.45) is 0 Å². The second kappa shape index (κ2) is 6.26. The second-order valence-corrected chi connectivity index (χ2v) is 2.88. The molecule has 6 nitrogen and oxygen atoms in total. The molecule has 0 N–H and O–H groups in total. The van der Waals surface area contributed by atoms with E-state index in [1.165, 1.54) is 6.26 Å². The molecule has 0 spiro atoms. The van der Waals surface area contributed by atoms with Gasteiger partial charge in [-0.2, -0.15) is 0 Å². The van der Waals surface area contributed by atoms with Crippen molar-refractivity contribution in [3.63, 3.8) is 0 Å². The molecule has 1 aromatic heterocycles. The maximum Gasteiger partial charge on any atom is 0.379 e. The summed E-state index contributed by atoms with van der Waals surface area (Å²) in [5.41, 5.74) is 0. The number of hydrogen-bond donors (Lipinski definition) is 0. The lowest BCUT2D eigenvalue weighted by Crippen LogP contribution is -2.15. The van der Waals surface area contributed by atoms with Crippen molar-refractivity contribution in [1.29, 1.82) is 0 Å². The van der Waals surface area contributed by atoms with Crippen LogP contribution in [-0.2, 0) is 30.5 Å². The Hall–Kier alpha value is -2.37. The first kappa shape index (κ1) is 12.7. The van der Waals surface area contributed by atoms with Gasteiger partial charge in [0, 0.05) is 12.2 Å². The molecule has 0 bridgehead atoms. The van der Waals surface area contributed by atoms with Gasteiger partial charge >= 0.3 is 11.9 Å². The lowest BCUT2D eigenvalue weighted by atomic mass is 10.3. The zero-order valence-electron chi connectivity index (χ0n) is 9.04. The fraction of sp³-hybridized carbons (Fsp3) is 0.182. The van der Waals surface area contributed by atoms with Gasteiger partial charge in [0.2, 0.25) is 0 Å². The Balaban J connectivity index is 2.40. The van der Waals surface area contributed by atoms with Crippen molar-refractivity contribution in [2.45, 2.75) is 6.61 Å². The van der Waals surface area contributed by atoms with Crippen LogP contribution < -0.4 is 0 Å². The Labute approximate surface area is 96.8 Å². The minimum absolute atomic E-state index is 0.135. The summed E-state index contributed by atoms with van der Waals surface area (Å²) in [6.07, 6.45) is 3.05. The van der Waals surface area contributed by atoms with Gasteiger partial charge in [0.05, 0.1) is 13.4 Å². The molecule has 0 radical (unpaired) electrons. The average molecular weight is 238 g/mol. The maximum absolute atomic E-state index is 11.1. The number of furan rings is 1. The first-order valence-electron chi connectivity index (χ1n) is 4.63. The van der Waals surface area contributed by atoms with E-state index in [4.69, 9.17) is 4.42 Å². The van der Waals surface area contributed by atoms with Crippen molar-refractivity contribution < 1.29 is 28.3 Å². The van der Waals surface area contributed by atoms with E-state index in [-0.39, 0.29) is 6.61 Å². The standard InChI is InChI=1S/C11H10O6/c1-15-10(13)5-4-9(12)11(14)17-7-8-3-2-6-16-8/h2-6H,7H2,1H3/b5-4+. The van der Waals surface area contributed by atoms with Crippen LogP contribution >= 0.6 is 0 Å². The molecule has 17 heavy (non-hydrogen) atoms. The molecule has 0 aliphatic carbocycles. The Morgan fingerprint density at radius 1 is 1.35 bits per heavy atom. The van der Waals surface area contributed by atoms with Crippen LogP contribution in [0.3, 0.4) is 0 Å². The quantitative estimate of drug-likeness (QED) is 0.425. The smallest absolute Gasteiger partial charge is 0.379 e. The summed E-state index contributed by atoms with van der Waals surface area (Å²) >= 11 is 0. The molecule has 0 fully saturated rings. The van der Waals surface area contributed by atoms with Gasteiger partial charge in [0.15, 0.2) is 0 Å².